The van der Waals surface area contributed by atoms with Gasteiger partial charge in [-0.25, -0.2) is 18.2 Å². The minimum absolute atomic E-state index is 0.0361. The van der Waals surface area contributed by atoms with Gasteiger partial charge in [0.1, 0.15) is 40.5 Å². The Morgan fingerprint density at radius 3 is 2.52 bits per heavy atom. The zero-order valence-corrected chi connectivity index (χ0v) is 16.7. The Morgan fingerprint density at radius 1 is 1.07 bits per heavy atom. The molecule has 152 valence electrons. The second-order valence-corrected chi connectivity index (χ2v) is 7.04. The molecule has 0 unspecified atom stereocenters. The van der Waals surface area contributed by atoms with Gasteiger partial charge in [0.05, 0.1) is 0 Å². The molecule has 1 amide bonds. The number of carbonyl (C=O) groups excluding carboxylic acids is 1. The third-order valence-corrected chi connectivity index (χ3v) is 5.22. The number of nitrogens with zero attached hydrogens (tertiary/aromatic N) is 2. The van der Waals surface area contributed by atoms with Crippen LogP contribution in [0.3, 0.4) is 0 Å². The highest BCUT2D eigenvalue weighted by Crippen LogP contribution is 2.29. The summed E-state index contributed by atoms with van der Waals surface area (Å²) in [6.45, 7) is 4.65. The topological polar surface area (TPSA) is 42.4 Å². The Kier molecular flexibility index (Phi) is 6.53. The lowest BCUT2D eigenvalue weighted by atomic mass is 10.2. The summed E-state index contributed by atoms with van der Waals surface area (Å²) in [4.78, 5) is 18.3. The molecule has 2 aromatic carbocycles. The normalized spacial score (nSPS) is 10.8. The molecule has 0 fully saturated rings. The minimum Gasteiger partial charge on any atom is -0.489 e. The highest BCUT2D eigenvalue weighted by molar-refractivity contribution is 7.13. The van der Waals surface area contributed by atoms with Gasteiger partial charge in [-0.3, -0.25) is 4.79 Å². The van der Waals surface area contributed by atoms with E-state index in [0.29, 0.717) is 18.1 Å². The molecule has 4 nitrogen and oxygen atoms in total. The molecule has 0 bridgehead atoms. The molecule has 29 heavy (non-hydrogen) atoms. The van der Waals surface area contributed by atoms with E-state index in [1.165, 1.54) is 23.5 Å². The molecule has 1 heterocycles. The average Bonchev–Trinajstić information content (AvgIpc) is 3.19. The van der Waals surface area contributed by atoms with E-state index >= 15 is 0 Å². The van der Waals surface area contributed by atoms with Gasteiger partial charge in [0.2, 0.25) is 0 Å². The number of benzene rings is 2. The number of carbonyl (C=O) groups is 1. The van der Waals surface area contributed by atoms with Gasteiger partial charge in [0.15, 0.2) is 0 Å². The predicted molar refractivity (Wildman–Crippen MR) is 105 cm³/mol. The lowest BCUT2D eigenvalue weighted by Gasteiger charge is -2.16. The number of ether oxygens (including phenoxy) is 1. The van der Waals surface area contributed by atoms with E-state index in [1.54, 1.807) is 10.3 Å². The van der Waals surface area contributed by atoms with Crippen LogP contribution in [-0.2, 0) is 6.61 Å². The first kappa shape index (κ1) is 20.9. The third-order valence-electron chi connectivity index (χ3n) is 4.35. The fraction of sp³-hybridized carbons (Fsp3) is 0.238. The van der Waals surface area contributed by atoms with E-state index in [4.69, 9.17) is 4.74 Å². The summed E-state index contributed by atoms with van der Waals surface area (Å²) in [5, 5.41) is 1.98. The van der Waals surface area contributed by atoms with Crippen LogP contribution in [0.1, 0.15) is 29.9 Å². The first-order valence-electron chi connectivity index (χ1n) is 9.04. The Labute approximate surface area is 170 Å². The Morgan fingerprint density at radius 2 is 1.83 bits per heavy atom. The lowest BCUT2D eigenvalue weighted by molar-refractivity contribution is 0.0768. The number of aromatic nitrogens is 1. The van der Waals surface area contributed by atoms with Crippen LogP contribution >= 0.6 is 11.3 Å². The summed E-state index contributed by atoms with van der Waals surface area (Å²) < 4.78 is 46.8. The van der Waals surface area contributed by atoms with Crippen molar-refractivity contribution in [2.24, 2.45) is 0 Å². The van der Waals surface area contributed by atoms with Crippen LogP contribution in [0.25, 0.3) is 10.6 Å². The second-order valence-electron chi connectivity index (χ2n) is 6.18. The van der Waals surface area contributed by atoms with E-state index in [0.717, 1.165) is 24.3 Å². The van der Waals surface area contributed by atoms with Gasteiger partial charge in [-0.2, -0.15) is 0 Å². The van der Waals surface area contributed by atoms with Crippen molar-refractivity contribution in [1.82, 2.24) is 9.88 Å². The summed E-state index contributed by atoms with van der Waals surface area (Å²) in [5.74, 6) is -1.79. The van der Waals surface area contributed by atoms with Gasteiger partial charge in [-0.1, -0.05) is 0 Å². The highest BCUT2D eigenvalue weighted by Gasteiger charge is 2.18. The average molecular weight is 420 g/mol. The Bertz CT molecular complexity index is 1020. The van der Waals surface area contributed by atoms with Crippen LogP contribution in [0.5, 0.6) is 5.75 Å². The van der Waals surface area contributed by atoms with Crippen molar-refractivity contribution in [2.45, 2.75) is 20.5 Å². The zero-order valence-electron chi connectivity index (χ0n) is 15.9. The molecule has 0 spiro atoms. The number of hydrogen-bond donors (Lipinski definition) is 0. The first-order valence-corrected chi connectivity index (χ1v) is 9.92. The molecule has 1 aromatic heterocycles. The quantitative estimate of drug-likeness (QED) is 0.522. The maximum absolute atomic E-state index is 14.6. The van der Waals surface area contributed by atoms with E-state index in [2.05, 4.69) is 4.98 Å². The zero-order chi connectivity index (χ0) is 21.0. The van der Waals surface area contributed by atoms with Crippen molar-refractivity contribution in [3.63, 3.8) is 0 Å². The molecule has 3 rings (SSSR count). The Balaban J connectivity index is 1.74. The summed E-state index contributed by atoms with van der Waals surface area (Å²) in [6, 6.07) is 7.21. The SMILES string of the molecule is CCN(CC)C(=O)c1csc(-c2ccc(OCc3cc(F)ccc3F)cc2F)n1. The summed E-state index contributed by atoms with van der Waals surface area (Å²) >= 11 is 1.17. The van der Waals surface area contributed by atoms with Gasteiger partial charge in [-0.05, 0) is 44.2 Å². The molecular formula is C21H19F3N2O2S. The summed E-state index contributed by atoms with van der Waals surface area (Å²) in [5.41, 5.74) is 0.543. The van der Waals surface area contributed by atoms with E-state index in [9.17, 15) is 18.0 Å². The van der Waals surface area contributed by atoms with Gasteiger partial charge in [0, 0.05) is 35.7 Å². The molecule has 0 N–H and O–H groups in total. The fourth-order valence-corrected chi connectivity index (χ4v) is 3.56. The Hall–Kier alpha value is -2.87. The van der Waals surface area contributed by atoms with Crippen LogP contribution < -0.4 is 4.74 Å². The van der Waals surface area contributed by atoms with E-state index < -0.39 is 17.5 Å². The number of thiazole rings is 1. The maximum Gasteiger partial charge on any atom is 0.273 e. The molecule has 0 saturated heterocycles. The molecule has 8 heteroatoms. The van der Waals surface area contributed by atoms with Crippen molar-refractivity contribution in [2.75, 3.05) is 13.1 Å². The van der Waals surface area contributed by atoms with Gasteiger partial charge in [0.25, 0.3) is 5.91 Å². The van der Waals surface area contributed by atoms with Crippen molar-refractivity contribution in [3.05, 3.63) is 70.5 Å². The molecule has 0 saturated carbocycles. The van der Waals surface area contributed by atoms with Crippen molar-refractivity contribution < 1.29 is 22.7 Å². The van der Waals surface area contributed by atoms with Gasteiger partial charge >= 0.3 is 0 Å². The van der Waals surface area contributed by atoms with Gasteiger partial charge < -0.3 is 9.64 Å². The fourth-order valence-electron chi connectivity index (χ4n) is 2.74. The number of rotatable bonds is 7. The first-order chi connectivity index (χ1) is 13.9. The molecule has 0 aliphatic carbocycles. The van der Waals surface area contributed by atoms with E-state index in [-0.39, 0.29) is 35.1 Å². The van der Waals surface area contributed by atoms with Crippen molar-refractivity contribution in [3.8, 4) is 16.3 Å². The largest absolute Gasteiger partial charge is 0.489 e. The molecule has 0 aliphatic rings. The van der Waals surface area contributed by atoms with Crippen LogP contribution in [0.4, 0.5) is 13.2 Å². The minimum atomic E-state index is -0.600. The standard InChI is InChI=1S/C21H19F3N2O2S/c1-3-26(4-2)21(27)19-12-29-20(25-19)16-7-6-15(10-18(16)24)28-11-13-9-14(22)5-8-17(13)23/h5-10,12H,3-4,11H2,1-2H3. The van der Waals surface area contributed by atoms with Crippen LogP contribution in [0, 0.1) is 17.5 Å². The number of halogens is 3. The van der Waals surface area contributed by atoms with E-state index in [1.807, 2.05) is 13.8 Å². The lowest BCUT2D eigenvalue weighted by Crippen LogP contribution is -2.30. The maximum atomic E-state index is 14.6. The molecule has 0 aliphatic heterocycles. The van der Waals surface area contributed by atoms with Gasteiger partial charge in [-0.15, -0.1) is 11.3 Å². The molecule has 0 radical (unpaired) electrons. The monoisotopic (exact) mass is 420 g/mol. The number of hydrogen-bond acceptors (Lipinski definition) is 4. The molecular weight excluding hydrogens is 401 g/mol. The number of amides is 1. The van der Waals surface area contributed by atoms with Crippen LogP contribution in [0.2, 0.25) is 0 Å². The molecule has 0 atom stereocenters. The predicted octanol–water partition coefficient (Wildman–Crippen LogP) is 5.29. The van der Waals surface area contributed by atoms with Crippen molar-refractivity contribution in [1.29, 1.82) is 0 Å². The summed E-state index contributed by atoms with van der Waals surface area (Å²) in [7, 11) is 0. The third kappa shape index (κ3) is 4.76. The van der Waals surface area contributed by atoms with Crippen molar-refractivity contribution >= 4 is 17.2 Å². The van der Waals surface area contributed by atoms with Crippen LogP contribution in [-0.4, -0.2) is 28.9 Å². The van der Waals surface area contributed by atoms with Crippen LogP contribution in [0.15, 0.2) is 41.8 Å². The smallest absolute Gasteiger partial charge is 0.273 e. The summed E-state index contributed by atoms with van der Waals surface area (Å²) in [6.07, 6.45) is 0. The molecule has 3 aromatic rings. The second kappa shape index (κ2) is 9.09. The highest BCUT2D eigenvalue weighted by atomic mass is 32.1.